The van der Waals surface area contributed by atoms with Crippen LogP contribution in [0.5, 0.6) is 40.2 Å². The quantitative estimate of drug-likeness (QED) is 0.185. The normalized spacial score (nSPS) is 11.0. The molecule has 10 nitrogen and oxygen atoms in total. The second-order valence-electron chi connectivity index (χ2n) is 6.84. The Balaban J connectivity index is 1.95. The maximum Gasteiger partial charge on any atom is 0.238 e. The van der Waals surface area contributed by atoms with Crippen LogP contribution in [0.1, 0.15) is 15.9 Å². The molecule has 4 aromatic rings. The Labute approximate surface area is 177 Å². The molecule has 0 radical (unpaired) electrons. The summed E-state index contributed by atoms with van der Waals surface area (Å²) in [5, 5.41) is 68.8. The molecule has 162 valence electrons. The fourth-order valence-electron chi connectivity index (χ4n) is 3.22. The number of aromatic hydroxyl groups is 7. The van der Waals surface area contributed by atoms with E-state index in [1.165, 1.54) is 24.3 Å². The van der Waals surface area contributed by atoms with E-state index in [-0.39, 0.29) is 22.7 Å². The van der Waals surface area contributed by atoms with Crippen molar-refractivity contribution in [2.45, 2.75) is 0 Å². The van der Waals surface area contributed by atoms with E-state index >= 15 is 0 Å². The number of ketones is 1. The summed E-state index contributed by atoms with van der Waals surface area (Å²) in [6.07, 6.45) is 0. The highest BCUT2D eigenvalue weighted by atomic mass is 16.4. The SMILES string of the molecule is O=C(c1cc(O)c(O)c(O)c1)c1c(O)cc2oc(-c3ccc(O)cc3)c(O)c(=O)c2c1O. The molecule has 1 aromatic heterocycles. The van der Waals surface area contributed by atoms with Crippen LogP contribution in [0.25, 0.3) is 22.3 Å². The van der Waals surface area contributed by atoms with Gasteiger partial charge in [-0.3, -0.25) is 9.59 Å². The van der Waals surface area contributed by atoms with E-state index in [2.05, 4.69) is 0 Å². The van der Waals surface area contributed by atoms with Gasteiger partial charge in [-0.25, -0.2) is 0 Å². The molecule has 0 saturated carbocycles. The summed E-state index contributed by atoms with van der Waals surface area (Å²) < 4.78 is 5.48. The maximum atomic E-state index is 12.8. The molecule has 0 aliphatic heterocycles. The first-order chi connectivity index (χ1) is 15.1. The van der Waals surface area contributed by atoms with Gasteiger partial charge in [0.05, 0.1) is 0 Å². The van der Waals surface area contributed by atoms with Crippen LogP contribution in [0.3, 0.4) is 0 Å². The molecule has 0 saturated heterocycles. The van der Waals surface area contributed by atoms with E-state index in [0.717, 1.165) is 18.2 Å². The van der Waals surface area contributed by atoms with Crippen molar-refractivity contribution in [3.63, 3.8) is 0 Å². The number of fused-ring (bicyclic) bond motifs is 1. The average molecular weight is 438 g/mol. The minimum Gasteiger partial charge on any atom is -0.508 e. The predicted molar refractivity (Wildman–Crippen MR) is 109 cm³/mol. The highest BCUT2D eigenvalue weighted by molar-refractivity contribution is 6.15. The van der Waals surface area contributed by atoms with Crippen molar-refractivity contribution in [1.29, 1.82) is 0 Å². The molecule has 0 spiro atoms. The van der Waals surface area contributed by atoms with Gasteiger partial charge in [0.15, 0.2) is 23.0 Å². The monoisotopic (exact) mass is 438 g/mol. The second-order valence-corrected chi connectivity index (χ2v) is 6.84. The highest BCUT2D eigenvalue weighted by Crippen LogP contribution is 2.41. The third-order valence-electron chi connectivity index (χ3n) is 4.80. The van der Waals surface area contributed by atoms with Gasteiger partial charge in [0.1, 0.15) is 33.8 Å². The van der Waals surface area contributed by atoms with Crippen LogP contribution in [-0.4, -0.2) is 41.5 Å². The van der Waals surface area contributed by atoms with Gasteiger partial charge in [0, 0.05) is 17.2 Å². The second kappa shape index (κ2) is 7.13. The lowest BCUT2D eigenvalue weighted by atomic mass is 9.98. The summed E-state index contributed by atoms with van der Waals surface area (Å²) >= 11 is 0. The Bertz CT molecular complexity index is 1440. The third kappa shape index (κ3) is 3.06. The number of hydrogen-bond donors (Lipinski definition) is 7. The summed E-state index contributed by atoms with van der Waals surface area (Å²) in [6, 6.07) is 7.76. The molecule has 0 aliphatic carbocycles. The zero-order chi connectivity index (χ0) is 23.3. The largest absolute Gasteiger partial charge is 0.508 e. The van der Waals surface area contributed by atoms with Crippen molar-refractivity contribution in [2.24, 2.45) is 0 Å². The lowest BCUT2D eigenvalue weighted by Gasteiger charge is -2.12. The fraction of sp³-hybridized carbons (Fsp3) is 0. The van der Waals surface area contributed by atoms with E-state index in [9.17, 15) is 45.3 Å². The molecule has 0 bridgehead atoms. The van der Waals surface area contributed by atoms with Crippen LogP contribution < -0.4 is 5.43 Å². The van der Waals surface area contributed by atoms with Gasteiger partial charge in [-0.05, 0) is 36.4 Å². The number of carbonyl (C=O) groups is 1. The molecule has 0 atom stereocenters. The molecule has 0 fully saturated rings. The molecule has 10 heteroatoms. The molecule has 4 rings (SSSR count). The van der Waals surface area contributed by atoms with E-state index in [1.807, 2.05) is 0 Å². The number of phenolic OH excluding ortho intramolecular Hbond substituents is 6. The molecule has 3 aromatic carbocycles. The van der Waals surface area contributed by atoms with E-state index in [1.54, 1.807) is 0 Å². The van der Waals surface area contributed by atoms with Crippen LogP contribution in [0.2, 0.25) is 0 Å². The molecule has 1 heterocycles. The van der Waals surface area contributed by atoms with E-state index < -0.39 is 62.2 Å². The molecular weight excluding hydrogens is 424 g/mol. The Hall–Kier alpha value is -4.86. The van der Waals surface area contributed by atoms with Crippen LogP contribution in [-0.2, 0) is 0 Å². The summed E-state index contributed by atoms with van der Waals surface area (Å²) in [5.74, 6) is -6.68. The lowest BCUT2D eigenvalue weighted by Crippen LogP contribution is -2.08. The smallest absolute Gasteiger partial charge is 0.238 e. The molecule has 32 heavy (non-hydrogen) atoms. The standard InChI is InChI=1S/C22H14O10/c23-10-3-1-8(2-4-10)22-21(31)20(30)16-14(32-22)7-11(24)15(19(16)29)17(27)9-5-12(25)18(28)13(26)6-9/h1-7,23-26,28-29,31H. The van der Waals surface area contributed by atoms with Gasteiger partial charge < -0.3 is 40.2 Å². The number of hydrogen-bond acceptors (Lipinski definition) is 10. The van der Waals surface area contributed by atoms with Crippen LogP contribution >= 0.6 is 0 Å². The molecule has 0 unspecified atom stereocenters. The van der Waals surface area contributed by atoms with Gasteiger partial charge in [0.2, 0.25) is 17.0 Å². The van der Waals surface area contributed by atoms with Gasteiger partial charge in [-0.15, -0.1) is 0 Å². The van der Waals surface area contributed by atoms with Gasteiger partial charge >= 0.3 is 0 Å². The molecule has 0 aliphatic rings. The summed E-state index contributed by atoms with van der Waals surface area (Å²) in [6.45, 7) is 0. The minimum absolute atomic E-state index is 0.0684. The van der Waals surface area contributed by atoms with E-state index in [4.69, 9.17) is 4.42 Å². The summed E-state index contributed by atoms with van der Waals surface area (Å²) in [5.41, 5.74) is -2.41. The number of benzene rings is 3. The van der Waals surface area contributed by atoms with Crippen molar-refractivity contribution < 1.29 is 45.0 Å². The number of rotatable bonds is 3. The topological polar surface area (TPSA) is 189 Å². The zero-order valence-corrected chi connectivity index (χ0v) is 15.9. The van der Waals surface area contributed by atoms with Gasteiger partial charge in [-0.1, -0.05) is 0 Å². The summed E-state index contributed by atoms with van der Waals surface area (Å²) in [7, 11) is 0. The minimum atomic E-state index is -1.10. The van der Waals surface area contributed by atoms with Crippen molar-refractivity contribution in [3.8, 4) is 51.6 Å². The first kappa shape index (κ1) is 20.4. The van der Waals surface area contributed by atoms with Gasteiger partial charge in [0.25, 0.3) is 0 Å². The van der Waals surface area contributed by atoms with Crippen LogP contribution in [0.15, 0.2) is 51.7 Å². The van der Waals surface area contributed by atoms with Gasteiger partial charge in [-0.2, -0.15) is 0 Å². The Morgan fingerprint density at radius 1 is 0.719 bits per heavy atom. The lowest BCUT2D eigenvalue weighted by molar-refractivity contribution is 0.103. The van der Waals surface area contributed by atoms with Crippen LogP contribution in [0.4, 0.5) is 0 Å². The Morgan fingerprint density at radius 3 is 1.91 bits per heavy atom. The van der Waals surface area contributed by atoms with E-state index in [0.29, 0.717) is 0 Å². The average Bonchev–Trinajstić information content (AvgIpc) is 2.74. The predicted octanol–water partition coefficient (Wildman–Crippen LogP) is 2.63. The Kier molecular flexibility index (Phi) is 4.55. The van der Waals surface area contributed by atoms with Crippen molar-refractivity contribution in [3.05, 3.63) is 63.8 Å². The van der Waals surface area contributed by atoms with Crippen molar-refractivity contribution in [1.82, 2.24) is 0 Å². The molecule has 0 amide bonds. The fourth-order valence-corrected chi connectivity index (χ4v) is 3.22. The zero-order valence-electron chi connectivity index (χ0n) is 15.9. The van der Waals surface area contributed by atoms with Crippen molar-refractivity contribution in [2.75, 3.05) is 0 Å². The maximum absolute atomic E-state index is 12.8. The van der Waals surface area contributed by atoms with Crippen LogP contribution in [0, 0.1) is 0 Å². The Morgan fingerprint density at radius 2 is 1.31 bits per heavy atom. The third-order valence-corrected chi connectivity index (χ3v) is 4.80. The number of phenols is 6. The molecule has 7 N–H and O–H groups in total. The van der Waals surface area contributed by atoms with Crippen molar-refractivity contribution >= 4 is 16.8 Å². The number of carbonyl (C=O) groups excluding carboxylic acids is 1. The first-order valence-corrected chi connectivity index (χ1v) is 8.94. The highest BCUT2D eigenvalue weighted by Gasteiger charge is 2.27. The first-order valence-electron chi connectivity index (χ1n) is 8.94. The summed E-state index contributed by atoms with van der Waals surface area (Å²) in [4.78, 5) is 25.6. The molecular formula is C22H14O10.